The average molecular weight is 320 g/mol. The smallest absolute Gasteiger partial charge is 0.225 e. The van der Waals surface area contributed by atoms with Crippen molar-refractivity contribution in [2.75, 3.05) is 42.6 Å². The Balaban J connectivity index is 1.60. The number of carbonyl (C=O) groups is 1. The number of carbonyl (C=O) groups excluding carboxylic acids is 1. The van der Waals surface area contributed by atoms with Gasteiger partial charge in [0.1, 0.15) is 5.82 Å². The first-order valence-corrected chi connectivity index (χ1v) is 9.22. The van der Waals surface area contributed by atoms with Crippen LogP contribution in [0.2, 0.25) is 0 Å². The van der Waals surface area contributed by atoms with Crippen LogP contribution in [-0.2, 0) is 4.79 Å². The molecule has 0 aliphatic carbocycles. The number of amides is 1. The minimum absolute atomic E-state index is 0.192. The van der Waals surface area contributed by atoms with Crippen LogP contribution in [0, 0.1) is 19.8 Å². The largest absolute Gasteiger partial charge is 0.355 e. The number of thioether (sulfide) groups is 1. The van der Waals surface area contributed by atoms with E-state index in [0.29, 0.717) is 5.91 Å². The Morgan fingerprint density at radius 1 is 1.18 bits per heavy atom. The zero-order valence-corrected chi connectivity index (χ0v) is 14.2. The van der Waals surface area contributed by atoms with Crippen LogP contribution < -0.4 is 4.90 Å². The highest BCUT2D eigenvalue weighted by molar-refractivity contribution is 7.99. The topological polar surface area (TPSA) is 49.3 Å². The molecule has 22 heavy (non-hydrogen) atoms. The monoisotopic (exact) mass is 320 g/mol. The van der Waals surface area contributed by atoms with Crippen LogP contribution in [0.3, 0.4) is 0 Å². The van der Waals surface area contributed by atoms with Gasteiger partial charge in [0.25, 0.3) is 0 Å². The van der Waals surface area contributed by atoms with Crippen LogP contribution in [0.15, 0.2) is 6.20 Å². The lowest BCUT2D eigenvalue weighted by Crippen LogP contribution is -2.45. The molecule has 0 unspecified atom stereocenters. The molecule has 0 aromatic carbocycles. The van der Waals surface area contributed by atoms with Crippen LogP contribution >= 0.6 is 11.8 Å². The zero-order valence-electron chi connectivity index (χ0n) is 13.4. The van der Waals surface area contributed by atoms with E-state index in [-0.39, 0.29) is 5.92 Å². The summed E-state index contributed by atoms with van der Waals surface area (Å²) in [5.41, 5.74) is 1.92. The molecule has 0 bridgehead atoms. The molecule has 0 spiro atoms. The fourth-order valence-corrected chi connectivity index (χ4v) is 4.11. The third kappa shape index (κ3) is 3.37. The molecule has 3 rings (SSSR count). The first kappa shape index (κ1) is 15.6. The van der Waals surface area contributed by atoms with Crippen molar-refractivity contribution < 1.29 is 4.79 Å². The highest BCUT2D eigenvalue weighted by atomic mass is 32.2. The predicted molar refractivity (Wildman–Crippen MR) is 90.3 cm³/mol. The van der Waals surface area contributed by atoms with Crippen molar-refractivity contribution in [3.05, 3.63) is 17.6 Å². The van der Waals surface area contributed by atoms with Gasteiger partial charge >= 0.3 is 0 Å². The Labute approximate surface area is 136 Å². The van der Waals surface area contributed by atoms with Gasteiger partial charge < -0.3 is 9.80 Å². The van der Waals surface area contributed by atoms with Crippen LogP contribution in [0.25, 0.3) is 0 Å². The van der Waals surface area contributed by atoms with E-state index in [4.69, 9.17) is 0 Å². The first-order valence-electron chi connectivity index (χ1n) is 8.07. The van der Waals surface area contributed by atoms with Crippen molar-refractivity contribution in [2.24, 2.45) is 5.92 Å². The van der Waals surface area contributed by atoms with E-state index in [1.807, 2.05) is 31.8 Å². The predicted octanol–water partition coefficient (Wildman–Crippen LogP) is 1.89. The third-order valence-corrected chi connectivity index (χ3v) is 5.46. The van der Waals surface area contributed by atoms with Gasteiger partial charge in [-0.2, -0.15) is 11.8 Å². The number of nitrogens with zero attached hydrogens (tertiary/aromatic N) is 4. The summed E-state index contributed by atoms with van der Waals surface area (Å²) in [4.78, 5) is 26.0. The van der Waals surface area contributed by atoms with Crippen LogP contribution in [0.4, 0.5) is 5.82 Å². The van der Waals surface area contributed by atoms with Crippen LogP contribution in [0.5, 0.6) is 0 Å². The van der Waals surface area contributed by atoms with E-state index < -0.39 is 0 Å². The van der Waals surface area contributed by atoms with Crippen LogP contribution in [0.1, 0.15) is 24.2 Å². The molecule has 0 atom stereocenters. The maximum Gasteiger partial charge on any atom is 0.225 e. The summed E-state index contributed by atoms with van der Waals surface area (Å²) in [6.45, 7) is 7.62. The minimum atomic E-state index is 0.192. The van der Waals surface area contributed by atoms with Crippen LogP contribution in [-0.4, -0.2) is 58.5 Å². The SMILES string of the molecule is Cc1cnc(C)c(N2CCC(C(=O)N3CCSCC3)CC2)n1. The van der Waals surface area contributed by atoms with Gasteiger partial charge in [0, 0.05) is 49.8 Å². The second kappa shape index (κ2) is 6.86. The van der Waals surface area contributed by atoms with Crippen molar-refractivity contribution in [1.29, 1.82) is 0 Å². The summed E-state index contributed by atoms with van der Waals surface area (Å²) >= 11 is 1.95. The van der Waals surface area contributed by atoms with Gasteiger partial charge in [0.15, 0.2) is 0 Å². The lowest BCUT2D eigenvalue weighted by atomic mass is 9.95. The maximum absolute atomic E-state index is 12.6. The maximum atomic E-state index is 12.6. The van der Waals surface area contributed by atoms with E-state index in [1.165, 1.54) is 0 Å². The lowest BCUT2D eigenvalue weighted by molar-refractivity contribution is -0.135. The van der Waals surface area contributed by atoms with Gasteiger partial charge in [-0.25, -0.2) is 4.98 Å². The van der Waals surface area contributed by atoms with Gasteiger partial charge in [-0.3, -0.25) is 9.78 Å². The minimum Gasteiger partial charge on any atom is -0.355 e. The molecule has 2 aliphatic rings. The zero-order chi connectivity index (χ0) is 15.5. The molecule has 0 radical (unpaired) electrons. The highest BCUT2D eigenvalue weighted by Crippen LogP contribution is 2.25. The summed E-state index contributed by atoms with van der Waals surface area (Å²) in [6.07, 6.45) is 3.67. The summed E-state index contributed by atoms with van der Waals surface area (Å²) < 4.78 is 0. The molecule has 1 aromatic rings. The van der Waals surface area contributed by atoms with E-state index in [0.717, 1.165) is 67.7 Å². The molecule has 2 aliphatic heterocycles. The molecule has 120 valence electrons. The molecule has 2 saturated heterocycles. The Bertz CT molecular complexity index is 537. The molecule has 0 saturated carbocycles. The van der Waals surface area contributed by atoms with Gasteiger partial charge in [0.05, 0.1) is 11.4 Å². The Morgan fingerprint density at radius 3 is 2.55 bits per heavy atom. The molecule has 1 amide bonds. The lowest BCUT2D eigenvalue weighted by Gasteiger charge is -2.36. The molecule has 1 aromatic heterocycles. The van der Waals surface area contributed by atoms with E-state index in [9.17, 15) is 4.79 Å². The van der Waals surface area contributed by atoms with E-state index in [1.54, 1.807) is 0 Å². The average Bonchev–Trinajstić information content (AvgIpc) is 2.57. The Kier molecular flexibility index (Phi) is 4.86. The number of aromatic nitrogens is 2. The number of anilines is 1. The molecule has 0 N–H and O–H groups in total. The molecule has 3 heterocycles. The van der Waals surface area contributed by atoms with E-state index in [2.05, 4.69) is 19.8 Å². The summed E-state index contributed by atoms with van der Waals surface area (Å²) in [7, 11) is 0. The number of hydrogen-bond donors (Lipinski definition) is 0. The number of hydrogen-bond acceptors (Lipinski definition) is 5. The van der Waals surface area contributed by atoms with Crippen molar-refractivity contribution in [3.8, 4) is 0 Å². The van der Waals surface area contributed by atoms with Crippen molar-refractivity contribution in [2.45, 2.75) is 26.7 Å². The molecule has 5 nitrogen and oxygen atoms in total. The van der Waals surface area contributed by atoms with Gasteiger partial charge in [-0.05, 0) is 26.7 Å². The fourth-order valence-electron chi connectivity index (χ4n) is 3.20. The quantitative estimate of drug-likeness (QED) is 0.833. The van der Waals surface area contributed by atoms with Crippen molar-refractivity contribution in [1.82, 2.24) is 14.9 Å². The molecule has 6 heteroatoms. The normalized spacial score (nSPS) is 20.3. The second-order valence-electron chi connectivity index (χ2n) is 6.12. The summed E-state index contributed by atoms with van der Waals surface area (Å²) in [6, 6.07) is 0. The van der Waals surface area contributed by atoms with E-state index >= 15 is 0 Å². The highest BCUT2D eigenvalue weighted by Gasteiger charge is 2.30. The van der Waals surface area contributed by atoms with Crippen molar-refractivity contribution >= 4 is 23.5 Å². The Hall–Kier alpha value is -1.30. The first-order chi connectivity index (χ1) is 10.6. The number of aryl methyl sites for hydroxylation is 2. The molecular formula is C16H24N4OS. The summed E-state index contributed by atoms with van der Waals surface area (Å²) in [5, 5.41) is 0. The Morgan fingerprint density at radius 2 is 1.86 bits per heavy atom. The number of rotatable bonds is 2. The second-order valence-corrected chi connectivity index (χ2v) is 7.34. The van der Waals surface area contributed by atoms with Gasteiger partial charge in [0.2, 0.25) is 5.91 Å². The molecular weight excluding hydrogens is 296 g/mol. The third-order valence-electron chi connectivity index (χ3n) is 4.52. The fraction of sp³-hybridized carbons (Fsp3) is 0.688. The standard InChI is InChI=1S/C16H24N4OS/c1-12-11-17-13(2)15(18-12)19-5-3-14(4-6-19)16(21)20-7-9-22-10-8-20/h11,14H,3-10H2,1-2H3. The molecule has 2 fully saturated rings. The summed E-state index contributed by atoms with van der Waals surface area (Å²) in [5.74, 6) is 3.72. The van der Waals surface area contributed by atoms with Crippen molar-refractivity contribution in [3.63, 3.8) is 0 Å². The number of piperidine rings is 1. The van der Waals surface area contributed by atoms with Gasteiger partial charge in [-0.15, -0.1) is 0 Å². The van der Waals surface area contributed by atoms with Gasteiger partial charge in [-0.1, -0.05) is 0 Å².